The second-order valence-electron chi connectivity index (χ2n) is 3.91. The van der Waals surface area contributed by atoms with Gasteiger partial charge in [0.2, 0.25) is 0 Å². The second kappa shape index (κ2) is 5.12. The number of carbonyl (C=O) groups excluding carboxylic acids is 1. The van der Waals surface area contributed by atoms with Gasteiger partial charge in [0.05, 0.1) is 19.4 Å². The van der Waals surface area contributed by atoms with Crippen LogP contribution in [0.1, 0.15) is 41.5 Å². The van der Waals surface area contributed by atoms with E-state index in [0.717, 1.165) is 36.9 Å². The fourth-order valence-electron chi connectivity index (χ4n) is 2.03. The molecule has 0 unspecified atom stereocenters. The topological polar surface area (TPSA) is 61.3 Å². The third kappa shape index (κ3) is 2.38. The van der Waals surface area contributed by atoms with Crippen molar-refractivity contribution in [1.29, 1.82) is 0 Å². The van der Waals surface area contributed by atoms with Crippen LogP contribution in [0.2, 0.25) is 0 Å². The minimum atomic E-state index is -0.383. The van der Waals surface area contributed by atoms with Crippen LogP contribution in [0.15, 0.2) is 0 Å². The molecule has 0 N–H and O–H groups in total. The van der Waals surface area contributed by atoms with Crippen molar-refractivity contribution in [2.75, 3.05) is 13.7 Å². The largest absolute Gasteiger partial charge is 0.467 e. The molecule has 1 aliphatic carbocycles. The molecule has 0 aromatic carbocycles. The number of aromatic nitrogens is 2. The van der Waals surface area contributed by atoms with E-state index in [4.69, 9.17) is 9.47 Å². The lowest BCUT2D eigenvalue weighted by Crippen LogP contribution is -2.17. The molecule has 17 heavy (non-hydrogen) atoms. The number of hydrogen-bond donors (Lipinski definition) is 0. The maximum atomic E-state index is 11.8. The van der Waals surface area contributed by atoms with Gasteiger partial charge in [-0.1, -0.05) is 0 Å². The molecule has 0 radical (unpaired) electrons. The van der Waals surface area contributed by atoms with Crippen LogP contribution in [0, 0.1) is 0 Å². The number of ether oxygens (including phenoxy) is 2. The van der Waals surface area contributed by atoms with Gasteiger partial charge >= 0.3 is 12.0 Å². The number of esters is 1. The Hall–Kier alpha value is -1.65. The van der Waals surface area contributed by atoms with Gasteiger partial charge in [0, 0.05) is 5.56 Å². The molecule has 0 saturated carbocycles. The number of rotatable bonds is 3. The van der Waals surface area contributed by atoms with Gasteiger partial charge in [-0.25, -0.2) is 4.79 Å². The van der Waals surface area contributed by atoms with Crippen LogP contribution in [-0.2, 0) is 17.6 Å². The first kappa shape index (κ1) is 11.8. The van der Waals surface area contributed by atoms with Gasteiger partial charge in [0.1, 0.15) is 0 Å². The Balaban J connectivity index is 2.44. The predicted molar refractivity (Wildman–Crippen MR) is 61.2 cm³/mol. The molecule has 0 saturated heterocycles. The van der Waals surface area contributed by atoms with Crippen LogP contribution in [0.5, 0.6) is 6.01 Å². The molecule has 0 fully saturated rings. The Morgan fingerprint density at radius 1 is 1.29 bits per heavy atom. The van der Waals surface area contributed by atoms with E-state index in [1.807, 2.05) is 0 Å². The summed E-state index contributed by atoms with van der Waals surface area (Å²) in [6.45, 7) is 2.13. The van der Waals surface area contributed by atoms with Gasteiger partial charge in [0.15, 0.2) is 5.69 Å². The van der Waals surface area contributed by atoms with Gasteiger partial charge < -0.3 is 9.47 Å². The Morgan fingerprint density at radius 3 is 2.76 bits per heavy atom. The van der Waals surface area contributed by atoms with Crippen molar-refractivity contribution in [3.05, 3.63) is 17.0 Å². The van der Waals surface area contributed by atoms with Crippen LogP contribution in [0.3, 0.4) is 0 Å². The molecular formula is C12H16N2O3. The van der Waals surface area contributed by atoms with E-state index in [2.05, 4.69) is 9.97 Å². The van der Waals surface area contributed by atoms with Crippen LogP contribution < -0.4 is 4.74 Å². The zero-order valence-corrected chi connectivity index (χ0v) is 10.2. The maximum absolute atomic E-state index is 11.8. The molecule has 0 atom stereocenters. The van der Waals surface area contributed by atoms with Gasteiger partial charge in [-0.2, -0.15) is 9.97 Å². The third-order valence-corrected chi connectivity index (χ3v) is 2.81. The van der Waals surface area contributed by atoms with Crippen molar-refractivity contribution in [3.63, 3.8) is 0 Å². The molecule has 1 aliphatic rings. The molecule has 0 bridgehead atoms. The van der Waals surface area contributed by atoms with Crippen LogP contribution in [0.25, 0.3) is 0 Å². The van der Waals surface area contributed by atoms with Gasteiger partial charge in [-0.3, -0.25) is 0 Å². The van der Waals surface area contributed by atoms with Crippen molar-refractivity contribution in [2.45, 2.75) is 32.6 Å². The Labute approximate surface area is 100 Å². The summed E-state index contributed by atoms with van der Waals surface area (Å²) in [6, 6.07) is 0.244. The van der Waals surface area contributed by atoms with Crippen LogP contribution >= 0.6 is 0 Å². The van der Waals surface area contributed by atoms with Gasteiger partial charge in [0.25, 0.3) is 0 Å². The molecule has 2 rings (SSSR count). The number of aryl methyl sites for hydroxylation is 1. The number of methoxy groups -OCH3 is 1. The highest BCUT2D eigenvalue weighted by Crippen LogP contribution is 2.24. The van der Waals surface area contributed by atoms with E-state index < -0.39 is 0 Å². The quantitative estimate of drug-likeness (QED) is 0.745. The smallest absolute Gasteiger partial charge is 0.357 e. The highest BCUT2D eigenvalue weighted by Gasteiger charge is 2.23. The zero-order chi connectivity index (χ0) is 12.3. The molecular weight excluding hydrogens is 220 g/mol. The van der Waals surface area contributed by atoms with Crippen LogP contribution in [0.4, 0.5) is 0 Å². The first-order chi connectivity index (χ1) is 8.26. The summed E-state index contributed by atoms with van der Waals surface area (Å²) in [5.74, 6) is -0.383. The maximum Gasteiger partial charge on any atom is 0.357 e. The first-order valence-corrected chi connectivity index (χ1v) is 5.87. The fraction of sp³-hybridized carbons (Fsp3) is 0.583. The van der Waals surface area contributed by atoms with E-state index in [9.17, 15) is 4.79 Å². The molecule has 0 aliphatic heterocycles. The molecule has 92 valence electrons. The normalized spacial score (nSPS) is 14.0. The fourth-order valence-corrected chi connectivity index (χ4v) is 2.03. The first-order valence-electron chi connectivity index (χ1n) is 5.87. The third-order valence-electron chi connectivity index (χ3n) is 2.81. The van der Waals surface area contributed by atoms with E-state index >= 15 is 0 Å². The highest BCUT2D eigenvalue weighted by atomic mass is 16.5. The van der Waals surface area contributed by atoms with Crippen molar-refractivity contribution < 1.29 is 14.3 Å². The molecule has 5 nitrogen and oxygen atoms in total. The summed E-state index contributed by atoms with van der Waals surface area (Å²) in [5, 5.41) is 0. The minimum absolute atomic E-state index is 0.244. The summed E-state index contributed by atoms with van der Waals surface area (Å²) >= 11 is 0. The molecule has 1 aromatic rings. The zero-order valence-electron chi connectivity index (χ0n) is 10.2. The number of carbonyl (C=O) groups is 1. The summed E-state index contributed by atoms with van der Waals surface area (Å²) < 4.78 is 10.0. The SMILES string of the molecule is CCOC(=O)c1nc(OC)nc2c1CCCC2. The van der Waals surface area contributed by atoms with E-state index in [1.54, 1.807) is 6.92 Å². The van der Waals surface area contributed by atoms with Crippen molar-refractivity contribution in [1.82, 2.24) is 9.97 Å². The highest BCUT2D eigenvalue weighted by molar-refractivity contribution is 5.89. The average molecular weight is 236 g/mol. The molecule has 1 heterocycles. The van der Waals surface area contributed by atoms with E-state index in [1.165, 1.54) is 7.11 Å². The van der Waals surface area contributed by atoms with E-state index in [-0.39, 0.29) is 12.0 Å². The lowest BCUT2D eigenvalue weighted by Gasteiger charge is -2.17. The van der Waals surface area contributed by atoms with Crippen molar-refractivity contribution >= 4 is 5.97 Å². The van der Waals surface area contributed by atoms with Gasteiger partial charge in [-0.05, 0) is 32.6 Å². The minimum Gasteiger partial charge on any atom is -0.467 e. The summed E-state index contributed by atoms with van der Waals surface area (Å²) in [4.78, 5) is 20.2. The second-order valence-corrected chi connectivity index (χ2v) is 3.91. The van der Waals surface area contributed by atoms with Crippen LogP contribution in [-0.4, -0.2) is 29.7 Å². The predicted octanol–water partition coefficient (Wildman–Crippen LogP) is 1.54. The number of hydrogen-bond acceptors (Lipinski definition) is 5. The summed E-state index contributed by atoms with van der Waals surface area (Å²) in [5.41, 5.74) is 2.22. The molecule has 1 aromatic heterocycles. The van der Waals surface area contributed by atoms with Crippen molar-refractivity contribution in [3.8, 4) is 6.01 Å². The Kier molecular flexibility index (Phi) is 3.56. The average Bonchev–Trinajstić information content (AvgIpc) is 2.37. The van der Waals surface area contributed by atoms with Crippen molar-refractivity contribution in [2.24, 2.45) is 0 Å². The summed E-state index contributed by atoms with van der Waals surface area (Å²) in [6.07, 6.45) is 3.87. The number of nitrogens with zero attached hydrogens (tertiary/aromatic N) is 2. The Morgan fingerprint density at radius 2 is 2.06 bits per heavy atom. The lowest BCUT2D eigenvalue weighted by atomic mass is 9.95. The molecule has 0 amide bonds. The number of fused-ring (bicyclic) bond motifs is 1. The standard InChI is InChI=1S/C12H16N2O3/c1-3-17-11(15)10-8-6-4-5-7-9(8)13-12(14-10)16-2/h3-7H2,1-2H3. The van der Waals surface area contributed by atoms with E-state index in [0.29, 0.717) is 12.3 Å². The van der Waals surface area contributed by atoms with Gasteiger partial charge in [-0.15, -0.1) is 0 Å². The molecule has 0 spiro atoms. The summed E-state index contributed by atoms with van der Waals surface area (Å²) in [7, 11) is 1.50. The lowest BCUT2D eigenvalue weighted by molar-refractivity contribution is 0.0516. The molecule has 5 heteroatoms. The Bertz CT molecular complexity index is 432. The monoisotopic (exact) mass is 236 g/mol.